The van der Waals surface area contributed by atoms with Gasteiger partial charge in [0.2, 0.25) is 5.91 Å². The van der Waals surface area contributed by atoms with Gasteiger partial charge in [-0.25, -0.2) is 0 Å². The summed E-state index contributed by atoms with van der Waals surface area (Å²) in [5.41, 5.74) is 0.0920. The van der Waals surface area contributed by atoms with Crippen LogP contribution in [0.25, 0.3) is 0 Å². The first kappa shape index (κ1) is 14.5. The van der Waals surface area contributed by atoms with Crippen LogP contribution in [0, 0.1) is 11.3 Å². The zero-order chi connectivity index (χ0) is 13.6. The molecule has 1 N–H and O–H groups in total. The molecule has 0 atom stereocenters. The van der Waals surface area contributed by atoms with E-state index in [1.165, 1.54) is 0 Å². The molecule has 1 aromatic rings. The van der Waals surface area contributed by atoms with E-state index in [9.17, 15) is 4.79 Å². The molecular formula is C14H17ClN2O. The molecule has 1 amide bonds. The van der Waals surface area contributed by atoms with Crippen LogP contribution in [-0.4, -0.2) is 11.4 Å². The second kappa shape index (κ2) is 6.42. The molecule has 0 spiro atoms. The summed E-state index contributed by atoms with van der Waals surface area (Å²) in [7, 11) is 0. The van der Waals surface area contributed by atoms with Crippen LogP contribution in [0.2, 0.25) is 5.02 Å². The van der Waals surface area contributed by atoms with Gasteiger partial charge in [-0.05, 0) is 30.5 Å². The molecular weight excluding hydrogens is 248 g/mol. The molecule has 0 aromatic heterocycles. The number of carbonyl (C=O) groups excluding carboxylic acids is 1. The number of benzene rings is 1. The lowest BCUT2D eigenvalue weighted by Crippen LogP contribution is -2.47. The van der Waals surface area contributed by atoms with Crippen LogP contribution in [0.15, 0.2) is 24.3 Å². The number of rotatable bonds is 5. The van der Waals surface area contributed by atoms with Crippen LogP contribution in [0.3, 0.4) is 0 Å². The third kappa shape index (κ3) is 3.75. The van der Waals surface area contributed by atoms with Gasteiger partial charge in [0.1, 0.15) is 5.54 Å². The van der Waals surface area contributed by atoms with Gasteiger partial charge >= 0.3 is 0 Å². The van der Waals surface area contributed by atoms with Gasteiger partial charge in [0.15, 0.2) is 0 Å². The monoisotopic (exact) mass is 264 g/mol. The lowest BCUT2D eigenvalue weighted by molar-refractivity contribution is -0.121. The maximum absolute atomic E-state index is 11.9. The Morgan fingerprint density at radius 3 is 2.61 bits per heavy atom. The summed E-state index contributed by atoms with van der Waals surface area (Å²) in [4.78, 5) is 11.9. The summed E-state index contributed by atoms with van der Waals surface area (Å²) in [5, 5.41) is 12.6. The fourth-order valence-electron chi connectivity index (χ4n) is 1.76. The Bertz CT molecular complexity index is 461. The first-order chi connectivity index (χ1) is 8.55. The van der Waals surface area contributed by atoms with E-state index in [-0.39, 0.29) is 12.3 Å². The number of amides is 1. The number of hydrogen-bond acceptors (Lipinski definition) is 2. The predicted octanol–water partition coefficient (Wildman–Crippen LogP) is 3.08. The zero-order valence-electron chi connectivity index (χ0n) is 10.7. The Balaban J connectivity index is 2.70. The van der Waals surface area contributed by atoms with E-state index in [1.807, 2.05) is 26.0 Å². The third-order valence-electron chi connectivity index (χ3n) is 3.05. The van der Waals surface area contributed by atoms with Crippen LogP contribution in [-0.2, 0) is 11.2 Å². The highest BCUT2D eigenvalue weighted by molar-refractivity contribution is 6.30. The van der Waals surface area contributed by atoms with Crippen molar-refractivity contribution in [3.63, 3.8) is 0 Å². The Hall–Kier alpha value is -1.53. The van der Waals surface area contributed by atoms with E-state index >= 15 is 0 Å². The van der Waals surface area contributed by atoms with Crippen molar-refractivity contribution in [1.29, 1.82) is 5.26 Å². The van der Waals surface area contributed by atoms with Crippen LogP contribution in [0.4, 0.5) is 0 Å². The maximum atomic E-state index is 11.9. The molecule has 0 fully saturated rings. The topological polar surface area (TPSA) is 52.9 Å². The minimum Gasteiger partial charge on any atom is -0.338 e. The van der Waals surface area contributed by atoms with E-state index < -0.39 is 5.54 Å². The molecule has 0 saturated carbocycles. The lowest BCUT2D eigenvalue weighted by atomic mass is 9.94. The quantitative estimate of drug-likeness (QED) is 0.889. The Morgan fingerprint density at radius 2 is 2.11 bits per heavy atom. The molecule has 0 aliphatic rings. The normalized spacial score (nSPS) is 10.8. The van der Waals surface area contributed by atoms with E-state index in [0.29, 0.717) is 17.9 Å². The van der Waals surface area contributed by atoms with Gasteiger partial charge in [-0.15, -0.1) is 0 Å². The number of nitrogens with one attached hydrogen (secondary N) is 1. The van der Waals surface area contributed by atoms with Gasteiger partial charge in [-0.1, -0.05) is 37.6 Å². The highest BCUT2D eigenvalue weighted by Crippen LogP contribution is 2.15. The van der Waals surface area contributed by atoms with Crippen molar-refractivity contribution in [2.75, 3.05) is 0 Å². The summed E-state index contributed by atoms with van der Waals surface area (Å²) in [6.45, 7) is 3.79. The van der Waals surface area contributed by atoms with Crippen molar-refractivity contribution in [1.82, 2.24) is 5.32 Å². The number of carbonyl (C=O) groups is 1. The molecule has 0 heterocycles. The van der Waals surface area contributed by atoms with E-state index in [2.05, 4.69) is 11.4 Å². The molecule has 1 aromatic carbocycles. The van der Waals surface area contributed by atoms with Crippen LogP contribution in [0.5, 0.6) is 0 Å². The summed E-state index contributed by atoms with van der Waals surface area (Å²) >= 11 is 5.86. The number of nitriles is 1. The SMILES string of the molecule is CCC(C#N)(CC)NC(=O)Cc1cccc(Cl)c1. The summed E-state index contributed by atoms with van der Waals surface area (Å²) in [6, 6.07) is 9.36. The Labute approximate surface area is 113 Å². The molecule has 0 bridgehead atoms. The lowest BCUT2D eigenvalue weighted by Gasteiger charge is -2.24. The standard InChI is InChI=1S/C14H17ClN2O/c1-3-14(4-2,10-16)17-13(18)9-11-6-5-7-12(15)8-11/h5-8H,3-4,9H2,1-2H3,(H,17,18). The van der Waals surface area contributed by atoms with Crippen LogP contribution >= 0.6 is 11.6 Å². The summed E-state index contributed by atoms with van der Waals surface area (Å²) < 4.78 is 0. The van der Waals surface area contributed by atoms with Gasteiger partial charge in [0.25, 0.3) is 0 Å². The van der Waals surface area contributed by atoms with E-state index in [0.717, 1.165) is 5.56 Å². The van der Waals surface area contributed by atoms with Gasteiger partial charge in [-0.3, -0.25) is 4.79 Å². The minimum atomic E-state index is -0.754. The summed E-state index contributed by atoms with van der Waals surface area (Å²) in [5.74, 6) is -0.150. The van der Waals surface area contributed by atoms with Gasteiger partial charge in [-0.2, -0.15) is 5.26 Å². The van der Waals surface area contributed by atoms with E-state index in [1.54, 1.807) is 12.1 Å². The number of nitrogens with zero attached hydrogens (tertiary/aromatic N) is 1. The maximum Gasteiger partial charge on any atom is 0.225 e. The molecule has 18 heavy (non-hydrogen) atoms. The fraction of sp³-hybridized carbons (Fsp3) is 0.429. The third-order valence-corrected chi connectivity index (χ3v) is 3.29. The van der Waals surface area contributed by atoms with Gasteiger partial charge < -0.3 is 5.32 Å². The second-order valence-corrected chi connectivity index (χ2v) is 4.69. The molecule has 0 saturated heterocycles. The molecule has 1 rings (SSSR count). The number of hydrogen-bond donors (Lipinski definition) is 1. The van der Waals surface area contributed by atoms with Crippen molar-refractivity contribution in [3.8, 4) is 6.07 Å². The van der Waals surface area contributed by atoms with Crippen molar-refractivity contribution in [2.24, 2.45) is 0 Å². The predicted molar refractivity (Wildman–Crippen MR) is 72.2 cm³/mol. The first-order valence-electron chi connectivity index (χ1n) is 6.02. The Kier molecular flexibility index (Phi) is 5.18. The van der Waals surface area contributed by atoms with Crippen LogP contribution < -0.4 is 5.32 Å². The zero-order valence-corrected chi connectivity index (χ0v) is 11.4. The van der Waals surface area contributed by atoms with Crippen molar-refractivity contribution in [3.05, 3.63) is 34.9 Å². The Morgan fingerprint density at radius 1 is 1.44 bits per heavy atom. The fourth-order valence-corrected chi connectivity index (χ4v) is 1.97. The van der Waals surface area contributed by atoms with Crippen molar-refractivity contribution in [2.45, 2.75) is 38.6 Å². The number of halogens is 1. The second-order valence-electron chi connectivity index (χ2n) is 4.26. The molecule has 0 radical (unpaired) electrons. The average Bonchev–Trinajstić information content (AvgIpc) is 2.36. The van der Waals surface area contributed by atoms with E-state index in [4.69, 9.17) is 16.9 Å². The molecule has 3 nitrogen and oxygen atoms in total. The highest BCUT2D eigenvalue weighted by Gasteiger charge is 2.27. The summed E-state index contributed by atoms with van der Waals surface area (Å²) in [6.07, 6.45) is 1.44. The molecule has 0 aliphatic heterocycles. The van der Waals surface area contributed by atoms with Crippen molar-refractivity contribution < 1.29 is 4.79 Å². The molecule has 4 heteroatoms. The largest absolute Gasteiger partial charge is 0.338 e. The molecule has 0 aliphatic carbocycles. The van der Waals surface area contributed by atoms with Crippen LogP contribution in [0.1, 0.15) is 32.3 Å². The smallest absolute Gasteiger partial charge is 0.225 e. The average molecular weight is 265 g/mol. The van der Waals surface area contributed by atoms with Gasteiger partial charge in [0.05, 0.1) is 12.5 Å². The molecule has 0 unspecified atom stereocenters. The highest BCUT2D eigenvalue weighted by atomic mass is 35.5. The van der Waals surface area contributed by atoms with Crippen molar-refractivity contribution >= 4 is 17.5 Å². The first-order valence-corrected chi connectivity index (χ1v) is 6.39. The molecule has 96 valence electrons. The minimum absolute atomic E-state index is 0.150. The van der Waals surface area contributed by atoms with Gasteiger partial charge in [0, 0.05) is 5.02 Å².